The molecule has 1 aromatic rings. The zero-order valence-electron chi connectivity index (χ0n) is 11.3. The molecule has 19 heavy (non-hydrogen) atoms. The lowest BCUT2D eigenvalue weighted by molar-refractivity contribution is -0.121. The molecule has 1 rings (SSSR count). The number of halogens is 1. The summed E-state index contributed by atoms with van der Waals surface area (Å²) in [6.45, 7) is 1.98. The molecule has 0 heterocycles. The SMILES string of the molecule is CCC(CCO)NC(=O)Cc1ccc(OC)c(F)c1. The van der Waals surface area contributed by atoms with E-state index in [0.29, 0.717) is 12.0 Å². The Morgan fingerprint density at radius 1 is 1.53 bits per heavy atom. The third-order valence-corrected chi connectivity index (χ3v) is 2.92. The van der Waals surface area contributed by atoms with Gasteiger partial charge in [0.25, 0.3) is 0 Å². The van der Waals surface area contributed by atoms with Crippen LogP contribution in [0.25, 0.3) is 0 Å². The van der Waals surface area contributed by atoms with Crippen molar-refractivity contribution in [2.75, 3.05) is 13.7 Å². The van der Waals surface area contributed by atoms with Crippen molar-refractivity contribution in [2.45, 2.75) is 32.2 Å². The molecule has 0 aromatic heterocycles. The number of aliphatic hydroxyl groups excluding tert-OH is 1. The predicted octanol–water partition coefficient (Wildman–Crippen LogP) is 1.65. The fourth-order valence-corrected chi connectivity index (χ4v) is 1.82. The second-order valence-corrected chi connectivity index (χ2v) is 4.33. The number of aliphatic hydroxyl groups is 1. The molecule has 4 nitrogen and oxygen atoms in total. The first-order valence-electron chi connectivity index (χ1n) is 6.33. The van der Waals surface area contributed by atoms with Crippen molar-refractivity contribution in [1.29, 1.82) is 0 Å². The third-order valence-electron chi connectivity index (χ3n) is 2.92. The highest BCUT2D eigenvalue weighted by molar-refractivity contribution is 5.78. The summed E-state index contributed by atoms with van der Waals surface area (Å²) < 4.78 is 18.3. The van der Waals surface area contributed by atoms with Gasteiger partial charge in [0.2, 0.25) is 5.91 Å². The molecular formula is C14H20FNO3. The predicted molar refractivity (Wildman–Crippen MR) is 70.6 cm³/mol. The minimum atomic E-state index is -0.477. The third kappa shape index (κ3) is 4.87. The Morgan fingerprint density at radius 3 is 2.79 bits per heavy atom. The summed E-state index contributed by atoms with van der Waals surface area (Å²) in [4.78, 5) is 11.8. The van der Waals surface area contributed by atoms with Gasteiger partial charge in [-0.15, -0.1) is 0 Å². The molecule has 0 spiro atoms. The maximum absolute atomic E-state index is 13.5. The van der Waals surface area contributed by atoms with Crippen LogP contribution in [0.2, 0.25) is 0 Å². The Labute approximate surface area is 112 Å². The number of amides is 1. The van der Waals surface area contributed by atoms with Crippen LogP contribution in [0.4, 0.5) is 4.39 Å². The first-order valence-corrected chi connectivity index (χ1v) is 6.33. The van der Waals surface area contributed by atoms with E-state index in [1.165, 1.54) is 19.2 Å². The highest BCUT2D eigenvalue weighted by Gasteiger charge is 2.11. The van der Waals surface area contributed by atoms with Crippen LogP contribution < -0.4 is 10.1 Å². The van der Waals surface area contributed by atoms with Crippen LogP contribution in [0.15, 0.2) is 18.2 Å². The summed E-state index contributed by atoms with van der Waals surface area (Å²) in [7, 11) is 1.39. The fraction of sp³-hybridized carbons (Fsp3) is 0.500. The Bertz CT molecular complexity index is 423. The average Bonchev–Trinajstić information content (AvgIpc) is 2.38. The summed E-state index contributed by atoms with van der Waals surface area (Å²) in [5, 5.41) is 11.7. The molecule has 1 atom stereocenters. The minimum Gasteiger partial charge on any atom is -0.494 e. The van der Waals surface area contributed by atoms with Crippen LogP contribution in [-0.4, -0.2) is 30.8 Å². The van der Waals surface area contributed by atoms with E-state index < -0.39 is 5.82 Å². The van der Waals surface area contributed by atoms with Gasteiger partial charge in [-0.25, -0.2) is 4.39 Å². The number of methoxy groups -OCH3 is 1. The number of benzene rings is 1. The van der Waals surface area contributed by atoms with Gasteiger partial charge in [-0.2, -0.15) is 0 Å². The number of carbonyl (C=O) groups excluding carboxylic acids is 1. The van der Waals surface area contributed by atoms with Crippen LogP contribution in [-0.2, 0) is 11.2 Å². The van der Waals surface area contributed by atoms with Gasteiger partial charge in [0.15, 0.2) is 11.6 Å². The van der Waals surface area contributed by atoms with E-state index in [9.17, 15) is 9.18 Å². The van der Waals surface area contributed by atoms with Gasteiger partial charge in [0.05, 0.1) is 13.5 Å². The van der Waals surface area contributed by atoms with Crippen molar-refractivity contribution < 1.29 is 19.0 Å². The molecule has 0 aliphatic rings. The first-order chi connectivity index (χ1) is 9.10. The maximum Gasteiger partial charge on any atom is 0.224 e. The summed E-state index contributed by atoms with van der Waals surface area (Å²) >= 11 is 0. The first kappa shape index (κ1) is 15.4. The molecule has 0 aliphatic heterocycles. The molecule has 106 valence electrons. The highest BCUT2D eigenvalue weighted by Crippen LogP contribution is 2.17. The fourth-order valence-electron chi connectivity index (χ4n) is 1.82. The van der Waals surface area contributed by atoms with Crippen molar-refractivity contribution in [3.63, 3.8) is 0 Å². The van der Waals surface area contributed by atoms with Crippen molar-refractivity contribution in [3.8, 4) is 5.75 Å². The van der Waals surface area contributed by atoms with Crippen LogP contribution >= 0.6 is 0 Å². The molecule has 1 aromatic carbocycles. The summed E-state index contributed by atoms with van der Waals surface area (Å²) in [5.41, 5.74) is 0.592. The molecule has 0 radical (unpaired) electrons. The van der Waals surface area contributed by atoms with Gasteiger partial charge in [-0.1, -0.05) is 13.0 Å². The largest absolute Gasteiger partial charge is 0.494 e. The van der Waals surface area contributed by atoms with Gasteiger partial charge in [0, 0.05) is 12.6 Å². The Hall–Kier alpha value is -1.62. The smallest absolute Gasteiger partial charge is 0.224 e. The zero-order chi connectivity index (χ0) is 14.3. The summed E-state index contributed by atoms with van der Waals surface area (Å²) in [5.74, 6) is -0.490. The van der Waals surface area contributed by atoms with E-state index in [1.54, 1.807) is 6.07 Å². The van der Waals surface area contributed by atoms with E-state index in [2.05, 4.69) is 5.32 Å². The van der Waals surface area contributed by atoms with E-state index in [-0.39, 0.29) is 30.7 Å². The molecule has 5 heteroatoms. The Kier molecular flexibility index (Phi) is 6.29. The van der Waals surface area contributed by atoms with Crippen molar-refractivity contribution in [1.82, 2.24) is 5.32 Å². The second-order valence-electron chi connectivity index (χ2n) is 4.33. The van der Waals surface area contributed by atoms with Crippen LogP contribution in [0.1, 0.15) is 25.3 Å². The molecule has 1 amide bonds. The van der Waals surface area contributed by atoms with Gasteiger partial charge >= 0.3 is 0 Å². The normalized spacial score (nSPS) is 12.0. The number of hydrogen-bond donors (Lipinski definition) is 2. The quantitative estimate of drug-likeness (QED) is 0.791. The lowest BCUT2D eigenvalue weighted by Gasteiger charge is -2.15. The Morgan fingerprint density at radius 2 is 2.26 bits per heavy atom. The summed E-state index contributed by atoms with van der Waals surface area (Å²) in [6, 6.07) is 4.42. The van der Waals surface area contributed by atoms with E-state index in [0.717, 1.165) is 6.42 Å². The Balaban J connectivity index is 2.59. The number of hydrogen-bond acceptors (Lipinski definition) is 3. The zero-order valence-corrected chi connectivity index (χ0v) is 11.3. The molecule has 0 saturated heterocycles. The molecule has 0 fully saturated rings. The second kappa shape index (κ2) is 7.74. The van der Waals surface area contributed by atoms with E-state index in [4.69, 9.17) is 9.84 Å². The van der Waals surface area contributed by atoms with Crippen LogP contribution in [0.5, 0.6) is 5.75 Å². The lowest BCUT2D eigenvalue weighted by atomic mass is 10.1. The molecular weight excluding hydrogens is 249 g/mol. The molecule has 0 saturated carbocycles. The van der Waals surface area contributed by atoms with Crippen LogP contribution in [0, 0.1) is 5.82 Å². The van der Waals surface area contributed by atoms with E-state index >= 15 is 0 Å². The van der Waals surface area contributed by atoms with Crippen molar-refractivity contribution in [2.24, 2.45) is 0 Å². The molecule has 0 bridgehead atoms. The average molecular weight is 269 g/mol. The van der Waals surface area contributed by atoms with Gasteiger partial charge in [0.1, 0.15) is 0 Å². The number of carbonyl (C=O) groups is 1. The molecule has 0 aliphatic carbocycles. The van der Waals surface area contributed by atoms with Gasteiger partial charge < -0.3 is 15.2 Å². The number of nitrogens with one attached hydrogen (secondary N) is 1. The standard InChI is InChI=1S/C14H20FNO3/c1-3-11(6-7-17)16-14(18)9-10-4-5-13(19-2)12(15)8-10/h4-5,8,11,17H,3,6-7,9H2,1-2H3,(H,16,18). The number of rotatable bonds is 7. The minimum absolute atomic E-state index is 0.0376. The topological polar surface area (TPSA) is 58.6 Å². The van der Waals surface area contributed by atoms with Crippen LogP contribution in [0.3, 0.4) is 0 Å². The van der Waals surface area contributed by atoms with Crippen molar-refractivity contribution in [3.05, 3.63) is 29.6 Å². The van der Waals surface area contributed by atoms with Gasteiger partial charge in [-0.3, -0.25) is 4.79 Å². The molecule has 2 N–H and O–H groups in total. The monoisotopic (exact) mass is 269 g/mol. The lowest BCUT2D eigenvalue weighted by Crippen LogP contribution is -2.36. The molecule has 1 unspecified atom stereocenters. The summed E-state index contributed by atoms with van der Waals surface area (Å²) in [6.07, 6.45) is 1.39. The van der Waals surface area contributed by atoms with Gasteiger partial charge in [-0.05, 0) is 30.5 Å². The van der Waals surface area contributed by atoms with Crippen molar-refractivity contribution >= 4 is 5.91 Å². The highest BCUT2D eigenvalue weighted by atomic mass is 19.1. The maximum atomic E-state index is 13.5. The van der Waals surface area contributed by atoms with E-state index in [1.807, 2.05) is 6.92 Å². The number of ether oxygens (including phenoxy) is 1.